The molecular weight excluding hydrogens is 406 g/mol. The highest BCUT2D eigenvalue weighted by molar-refractivity contribution is 5.94. The van der Waals surface area contributed by atoms with Crippen LogP contribution in [0, 0.1) is 0 Å². The molecule has 1 N–H and O–H groups in total. The van der Waals surface area contributed by atoms with Crippen LogP contribution in [0.3, 0.4) is 0 Å². The largest absolute Gasteiger partial charge is 0.439 e. The summed E-state index contributed by atoms with van der Waals surface area (Å²) in [6.07, 6.45) is -3.73. The summed E-state index contributed by atoms with van der Waals surface area (Å²) in [5.41, 5.74) is -0.350. The highest BCUT2D eigenvalue weighted by Gasteiger charge is 2.30. The van der Waals surface area contributed by atoms with E-state index >= 15 is 0 Å². The number of alkyl halides is 3. The van der Waals surface area contributed by atoms with Crippen molar-refractivity contribution >= 4 is 30.7 Å². The van der Waals surface area contributed by atoms with Gasteiger partial charge in [0.25, 0.3) is 5.91 Å². The highest BCUT2D eigenvalue weighted by Crippen LogP contribution is 2.30. The molecular formula is C17H20Cl2F3N3O2. The Hall–Kier alpha value is -2.03. The predicted octanol–water partition coefficient (Wildman–Crippen LogP) is 4.03. The first-order valence-electron chi connectivity index (χ1n) is 7.52. The Morgan fingerprint density at radius 3 is 2.26 bits per heavy atom. The third kappa shape index (κ3) is 7.24. The summed E-state index contributed by atoms with van der Waals surface area (Å²) in [4.78, 5) is 17.4. The number of hydrogen-bond acceptors (Lipinski definition) is 4. The van der Waals surface area contributed by atoms with E-state index in [9.17, 15) is 18.0 Å². The van der Waals surface area contributed by atoms with Crippen molar-refractivity contribution in [3.05, 3.63) is 53.7 Å². The molecule has 0 bridgehead atoms. The molecule has 0 aliphatic carbocycles. The number of halogens is 5. The number of benzene rings is 1. The predicted molar refractivity (Wildman–Crippen MR) is 101 cm³/mol. The summed E-state index contributed by atoms with van der Waals surface area (Å²) in [7, 11) is 3.51. The lowest BCUT2D eigenvalue weighted by molar-refractivity contribution is -0.137. The molecule has 1 amide bonds. The normalized spacial score (nSPS) is 10.4. The topological polar surface area (TPSA) is 54.5 Å². The van der Waals surface area contributed by atoms with E-state index in [2.05, 4.69) is 10.3 Å². The number of nitrogens with one attached hydrogen (secondary N) is 1. The number of aromatic nitrogens is 1. The highest BCUT2D eigenvalue weighted by atomic mass is 35.5. The lowest BCUT2D eigenvalue weighted by atomic mass is 10.2. The Bertz CT molecular complexity index is 711. The van der Waals surface area contributed by atoms with Crippen LogP contribution in [0.25, 0.3) is 0 Å². The van der Waals surface area contributed by atoms with Crippen molar-refractivity contribution in [2.45, 2.75) is 6.18 Å². The second-order valence-corrected chi connectivity index (χ2v) is 5.34. The Morgan fingerprint density at radius 2 is 1.78 bits per heavy atom. The van der Waals surface area contributed by atoms with Gasteiger partial charge in [-0.3, -0.25) is 4.79 Å². The van der Waals surface area contributed by atoms with Crippen LogP contribution in [0.2, 0.25) is 0 Å². The van der Waals surface area contributed by atoms with Gasteiger partial charge >= 0.3 is 6.18 Å². The molecule has 1 heterocycles. The Kier molecular flexibility index (Phi) is 10.1. The first-order chi connectivity index (χ1) is 11.8. The molecule has 5 nitrogen and oxygen atoms in total. The Morgan fingerprint density at radius 1 is 1.15 bits per heavy atom. The van der Waals surface area contributed by atoms with E-state index in [1.807, 2.05) is 0 Å². The molecule has 10 heteroatoms. The van der Waals surface area contributed by atoms with E-state index in [1.165, 1.54) is 0 Å². The minimum Gasteiger partial charge on any atom is -0.439 e. The number of amides is 1. The van der Waals surface area contributed by atoms with Crippen LogP contribution < -0.4 is 10.1 Å². The molecule has 0 saturated heterocycles. The Labute approximate surface area is 167 Å². The lowest BCUT2D eigenvalue weighted by Crippen LogP contribution is -2.32. The molecule has 0 fully saturated rings. The van der Waals surface area contributed by atoms with Gasteiger partial charge in [-0.05, 0) is 37.4 Å². The maximum absolute atomic E-state index is 12.5. The van der Waals surface area contributed by atoms with E-state index in [0.29, 0.717) is 30.6 Å². The molecule has 0 unspecified atom stereocenters. The third-order valence-corrected chi connectivity index (χ3v) is 3.43. The van der Waals surface area contributed by atoms with Crippen LogP contribution in [0.4, 0.5) is 13.2 Å². The molecule has 0 atom stereocenters. The number of ether oxygens (including phenoxy) is 1. The minimum atomic E-state index is -4.44. The number of likely N-dealkylation sites (N-methyl/N-ethyl adjacent to an activating group) is 2. The van der Waals surface area contributed by atoms with Crippen molar-refractivity contribution in [3.63, 3.8) is 0 Å². The van der Waals surface area contributed by atoms with Gasteiger partial charge in [-0.2, -0.15) is 13.2 Å². The van der Waals surface area contributed by atoms with Crippen molar-refractivity contribution in [1.82, 2.24) is 15.2 Å². The van der Waals surface area contributed by atoms with E-state index < -0.39 is 11.7 Å². The lowest BCUT2D eigenvalue weighted by Gasteiger charge is -2.17. The summed E-state index contributed by atoms with van der Waals surface area (Å²) >= 11 is 0. The molecule has 2 aromatic rings. The summed E-state index contributed by atoms with van der Waals surface area (Å²) in [5.74, 6) is 0.286. The second kappa shape index (κ2) is 11.0. The summed E-state index contributed by atoms with van der Waals surface area (Å²) in [5, 5.41) is 2.96. The average molecular weight is 426 g/mol. The van der Waals surface area contributed by atoms with Crippen molar-refractivity contribution in [1.29, 1.82) is 0 Å². The zero-order valence-electron chi connectivity index (χ0n) is 14.6. The van der Waals surface area contributed by atoms with Crippen LogP contribution in [-0.2, 0) is 6.18 Å². The van der Waals surface area contributed by atoms with Gasteiger partial charge in [0.2, 0.25) is 5.88 Å². The summed E-state index contributed by atoms with van der Waals surface area (Å²) < 4.78 is 42.9. The fourth-order valence-corrected chi connectivity index (χ4v) is 2.00. The van der Waals surface area contributed by atoms with Gasteiger partial charge in [0.15, 0.2) is 0 Å². The number of carbonyl (C=O) groups excluding carboxylic acids is 1. The third-order valence-electron chi connectivity index (χ3n) is 3.43. The van der Waals surface area contributed by atoms with Gasteiger partial charge in [-0.1, -0.05) is 0 Å². The molecule has 0 saturated carbocycles. The van der Waals surface area contributed by atoms with E-state index in [0.717, 1.165) is 12.1 Å². The fraction of sp³-hybridized carbons (Fsp3) is 0.294. The SMILES string of the molecule is CNCCN(C)C(=O)c1ccc(Oc2ccc(C(F)(F)F)cn2)cc1.Cl.Cl. The molecule has 0 aliphatic rings. The van der Waals surface area contributed by atoms with Crippen molar-refractivity contribution in [2.75, 3.05) is 27.2 Å². The zero-order valence-corrected chi connectivity index (χ0v) is 16.2. The number of rotatable bonds is 6. The quantitative estimate of drug-likeness (QED) is 0.758. The fourth-order valence-electron chi connectivity index (χ4n) is 2.00. The van der Waals surface area contributed by atoms with Crippen LogP contribution in [-0.4, -0.2) is 43.0 Å². The first-order valence-corrected chi connectivity index (χ1v) is 7.52. The van der Waals surface area contributed by atoms with Crippen molar-refractivity contribution in [2.24, 2.45) is 0 Å². The van der Waals surface area contributed by atoms with Crippen LogP contribution in [0.5, 0.6) is 11.6 Å². The number of carbonyl (C=O) groups is 1. The van der Waals surface area contributed by atoms with Gasteiger partial charge in [0.05, 0.1) is 5.56 Å². The molecule has 1 aromatic heterocycles. The Balaban J connectivity index is 0.00000338. The summed E-state index contributed by atoms with van der Waals surface area (Å²) in [6, 6.07) is 8.37. The number of hydrogen-bond donors (Lipinski definition) is 1. The average Bonchev–Trinajstić information content (AvgIpc) is 2.59. The molecule has 0 spiro atoms. The molecule has 0 radical (unpaired) electrons. The molecule has 2 rings (SSSR count). The monoisotopic (exact) mass is 425 g/mol. The number of nitrogens with zero attached hydrogens (tertiary/aromatic N) is 2. The van der Waals surface area contributed by atoms with Crippen LogP contribution in [0.1, 0.15) is 15.9 Å². The minimum absolute atomic E-state index is 0. The van der Waals surface area contributed by atoms with Gasteiger partial charge in [0.1, 0.15) is 5.75 Å². The maximum Gasteiger partial charge on any atom is 0.417 e. The van der Waals surface area contributed by atoms with E-state index in [-0.39, 0.29) is 36.6 Å². The summed E-state index contributed by atoms with van der Waals surface area (Å²) in [6.45, 7) is 1.26. The maximum atomic E-state index is 12.5. The van der Waals surface area contributed by atoms with Crippen LogP contribution >= 0.6 is 24.8 Å². The first kappa shape index (κ1) is 25.0. The molecule has 0 aliphatic heterocycles. The second-order valence-electron chi connectivity index (χ2n) is 5.34. The van der Waals surface area contributed by atoms with Gasteiger partial charge in [-0.15, -0.1) is 24.8 Å². The van der Waals surface area contributed by atoms with Crippen molar-refractivity contribution in [3.8, 4) is 11.6 Å². The molecule has 150 valence electrons. The van der Waals surface area contributed by atoms with Gasteiger partial charge < -0.3 is 15.0 Å². The molecule has 27 heavy (non-hydrogen) atoms. The van der Waals surface area contributed by atoms with Gasteiger partial charge in [0, 0.05) is 38.0 Å². The van der Waals surface area contributed by atoms with E-state index in [4.69, 9.17) is 4.74 Å². The zero-order chi connectivity index (χ0) is 18.4. The van der Waals surface area contributed by atoms with Crippen molar-refractivity contribution < 1.29 is 22.7 Å². The smallest absolute Gasteiger partial charge is 0.417 e. The van der Waals surface area contributed by atoms with E-state index in [1.54, 1.807) is 43.3 Å². The molecule has 1 aromatic carbocycles. The number of pyridine rings is 1. The van der Waals surface area contributed by atoms with Gasteiger partial charge in [-0.25, -0.2) is 4.98 Å². The van der Waals surface area contributed by atoms with Crippen LogP contribution in [0.15, 0.2) is 42.6 Å². The standard InChI is InChI=1S/C17H18F3N3O2.2ClH/c1-21-9-10-23(2)16(24)12-3-6-14(7-4-12)25-15-8-5-13(11-22-15)17(18,19)20;;/h3-8,11,21H,9-10H2,1-2H3;2*1H.